The molecule has 2 rings (SSSR count). The summed E-state index contributed by atoms with van der Waals surface area (Å²) in [5.41, 5.74) is 0. The summed E-state index contributed by atoms with van der Waals surface area (Å²) in [6, 6.07) is 6.05. The number of nitrogens with zero attached hydrogens (tertiary/aromatic N) is 1. The molecule has 4 nitrogen and oxygen atoms in total. The van der Waals surface area contributed by atoms with Gasteiger partial charge in [0.2, 0.25) is 0 Å². The molecule has 0 amide bonds. The lowest BCUT2D eigenvalue weighted by molar-refractivity contribution is -0.137. The average Bonchev–Trinajstić information content (AvgIpc) is 2.48. The molecule has 1 aliphatic rings. The van der Waals surface area contributed by atoms with Crippen LogP contribution in [0, 0.1) is 11.7 Å². The summed E-state index contributed by atoms with van der Waals surface area (Å²) in [6.45, 7) is 3.43. The Morgan fingerprint density at radius 1 is 1.29 bits per heavy atom. The van der Waals surface area contributed by atoms with Gasteiger partial charge in [-0.05, 0) is 62.5 Å². The van der Waals surface area contributed by atoms with Gasteiger partial charge in [0, 0.05) is 13.0 Å². The van der Waals surface area contributed by atoms with E-state index < -0.39 is 5.97 Å². The molecule has 0 aromatic heterocycles. The highest BCUT2D eigenvalue weighted by Gasteiger charge is 2.19. The van der Waals surface area contributed by atoms with Crippen LogP contribution in [0.3, 0.4) is 0 Å². The highest BCUT2D eigenvalue weighted by Crippen LogP contribution is 2.21. The minimum Gasteiger partial charge on any atom is -0.492 e. The molecule has 0 unspecified atom stereocenters. The quantitative estimate of drug-likeness (QED) is 0.840. The predicted molar refractivity (Wildman–Crippen MR) is 77.9 cm³/mol. The maximum Gasteiger partial charge on any atom is 0.303 e. The van der Waals surface area contributed by atoms with Gasteiger partial charge in [-0.1, -0.05) is 0 Å². The second kappa shape index (κ2) is 7.98. The first-order chi connectivity index (χ1) is 10.1. The largest absolute Gasteiger partial charge is 0.492 e. The standard InChI is InChI=1S/C16H22FNO3/c17-14-2-4-15(5-3-14)21-12-11-18-9-7-13(8-10-18)1-6-16(19)20/h2-5,13H,1,6-12H2,(H,19,20). The van der Waals surface area contributed by atoms with Crippen LogP contribution in [0.15, 0.2) is 24.3 Å². The van der Waals surface area contributed by atoms with E-state index in [-0.39, 0.29) is 12.2 Å². The minimum atomic E-state index is -0.704. The molecule has 0 saturated carbocycles. The molecule has 1 fully saturated rings. The maximum atomic E-state index is 12.7. The smallest absolute Gasteiger partial charge is 0.303 e. The number of carbonyl (C=O) groups is 1. The SMILES string of the molecule is O=C(O)CCC1CCN(CCOc2ccc(F)cc2)CC1. The Balaban J connectivity index is 1.60. The molecule has 1 aliphatic heterocycles. The van der Waals surface area contributed by atoms with E-state index in [4.69, 9.17) is 9.84 Å². The van der Waals surface area contributed by atoms with Gasteiger partial charge >= 0.3 is 5.97 Å². The summed E-state index contributed by atoms with van der Waals surface area (Å²) >= 11 is 0. The van der Waals surface area contributed by atoms with Crippen LogP contribution in [0.2, 0.25) is 0 Å². The molecular weight excluding hydrogens is 273 g/mol. The Morgan fingerprint density at radius 2 is 1.95 bits per heavy atom. The van der Waals surface area contributed by atoms with Gasteiger partial charge in [0.05, 0.1) is 0 Å². The molecule has 1 aromatic carbocycles. The number of carboxylic acids is 1. The molecule has 0 bridgehead atoms. The molecule has 5 heteroatoms. The zero-order chi connectivity index (χ0) is 15.1. The van der Waals surface area contributed by atoms with Gasteiger partial charge in [-0.15, -0.1) is 0 Å². The van der Waals surface area contributed by atoms with E-state index in [1.165, 1.54) is 12.1 Å². The van der Waals surface area contributed by atoms with Crippen LogP contribution in [0.4, 0.5) is 4.39 Å². The van der Waals surface area contributed by atoms with Gasteiger partial charge in [0.1, 0.15) is 18.2 Å². The maximum absolute atomic E-state index is 12.7. The first-order valence-electron chi connectivity index (χ1n) is 7.46. The first-order valence-corrected chi connectivity index (χ1v) is 7.46. The van der Waals surface area contributed by atoms with Crippen LogP contribution < -0.4 is 4.74 Å². The fourth-order valence-corrected chi connectivity index (χ4v) is 2.65. The topological polar surface area (TPSA) is 49.8 Å². The van der Waals surface area contributed by atoms with Crippen molar-refractivity contribution in [2.75, 3.05) is 26.2 Å². The molecule has 0 radical (unpaired) electrons. The summed E-state index contributed by atoms with van der Waals surface area (Å²) in [6.07, 6.45) is 3.18. The van der Waals surface area contributed by atoms with E-state index in [1.54, 1.807) is 12.1 Å². The van der Waals surface area contributed by atoms with Crippen molar-refractivity contribution in [3.63, 3.8) is 0 Å². The highest BCUT2D eigenvalue weighted by molar-refractivity contribution is 5.66. The van der Waals surface area contributed by atoms with Crippen LogP contribution in [0.5, 0.6) is 5.75 Å². The summed E-state index contributed by atoms with van der Waals surface area (Å²) in [5.74, 6) is 0.263. The number of piperidine rings is 1. The fourth-order valence-electron chi connectivity index (χ4n) is 2.65. The van der Waals surface area contributed by atoms with Crippen molar-refractivity contribution in [2.24, 2.45) is 5.92 Å². The van der Waals surface area contributed by atoms with Crippen molar-refractivity contribution in [2.45, 2.75) is 25.7 Å². The molecular formula is C16H22FNO3. The molecule has 0 atom stereocenters. The zero-order valence-electron chi connectivity index (χ0n) is 12.1. The summed E-state index contributed by atoms with van der Waals surface area (Å²) < 4.78 is 18.3. The van der Waals surface area contributed by atoms with E-state index in [0.717, 1.165) is 38.9 Å². The zero-order valence-corrected chi connectivity index (χ0v) is 12.1. The second-order valence-electron chi connectivity index (χ2n) is 5.52. The number of hydrogen-bond donors (Lipinski definition) is 1. The van der Waals surface area contributed by atoms with Gasteiger partial charge in [-0.3, -0.25) is 9.69 Å². The van der Waals surface area contributed by atoms with E-state index >= 15 is 0 Å². The number of rotatable bonds is 7. The lowest BCUT2D eigenvalue weighted by Crippen LogP contribution is -2.36. The van der Waals surface area contributed by atoms with Gasteiger partial charge in [-0.25, -0.2) is 4.39 Å². The van der Waals surface area contributed by atoms with Gasteiger partial charge < -0.3 is 9.84 Å². The van der Waals surface area contributed by atoms with E-state index in [2.05, 4.69) is 4.90 Å². The van der Waals surface area contributed by atoms with E-state index in [1.807, 2.05) is 0 Å². The molecule has 1 saturated heterocycles. The number of halogens is 1. The Hall–Kier alpha value is -1.62. The van der Waals surface area contributed by atoms with Crippen molar-refractivity contribution in [1.82, 2.24) is 4.90 Å². The van der Waals surface area contributed by atoms with Gasteiger partial charge in [0.25, 0.3) is 0 Å². The van der Waals surface area contributed by atoms with E-state index in [9.17, 15) is 9.18 Å². The summed E-state index contributed by atoms with van der Waals surface area (Å²) in [5, 5.41) is 8.69. The van der Waals surface area contributed by atoms with Crippen LogP contribution in [0.25, 0.3) is 0 Å². The number of likely N-dealkylation sites (tertiary alicyclic amines) is 1. The lowest BCUT2D eigenvalue weighted by Gasteiger charge is -2.31. The second-order valence-corrected chi connectivity index (χ2v) is 5.52. The normalized spacial score (nSPS) is 16.8. The summed E-state index contributed by atoms with van der Waals surface area (Å²) in [4.78, 5) is 12.9. The van der Waals surface area contributed by atoms with Crippen molar-refractivity contribution in [1.29, 1.82) is 0 Å². The summed E-state index contributed by atoms with van der Waals surface area (Å²) in [7, 11) is 0. The Kier molecular flexibility index (Phi) is 5.99. The molecule has 1 aromatic rings. The number of aliphatic carboxylic acids is 1. The van der Waals surface area contributed by atoms with Crippen molar-refractivity contribution < 1.29 is 19.0 Å². The Morgan fingerprint density at radius 3 is 2.57 bits per heavy atom. The monoisotopic (exact) mass is 295 g/mol. The third kappa shape index (κ3) is 5.71. The van der Waals surface area contributed by atoms with Gasteiger partial charge in [-0.2, -0.15) is 0 Å². The minimum absolute atomic E-state index is 0.259. The molecule has 1 N–H and O–H groups in total. The van der Waals surface area contributed by atoms with Crippen molar-refractivity contribution in [3.05, 3.63) is 30.1 Å². The van der Waals surface area contributed by atoms with Crippen molar-refractivity contribution >= 4 is 5.97 Å². The fraction of sp³-hybridized carbons (Fsp3) is 0.562. The lowest BCUT2D eigenvalue weighted by atomic mass is 9.92. The van der Waals surface area contributed by atoms with Crippen LogP contribution in [-0.2, 0) is 4.79 Å². The molecule has 0 spiro atoms. The third-order valence-corrected chi connectivity index (χ3v) is 3.96. The van der Waals surface area contributed by atoms with Crippen LogP contribution >= 0.6 is 0 Å². The molecule has 21 heavy (non-hydrogen) atoms. The van der Waals surface area contributed by atoms with Gasteiger partial charge in [0.15, 0.2) is 0 Å². The molecule has 116 valence electrons. The van der Waals surface area contributed by atoms with Crippen molar-refractivity contribution in [3.8, 4) is 5.75 Å². The van der Waals surface area contributed by atoms with Crippen LogP contribution in [0.1, 0.15) is 25.7 Å². The molecule has 1 heterocycles. The number of benzene rings is 1. The average molecular weight is 295 g/mol. The number of ether oxygens (including phenoxy) is 1. The Labute approximate surface area is 124 Å². The first kappa shape index (κ1) is 15.8. The molecule has 0 aliphatic carbocycles. The van der Waals surface area contributed by atoms with E-state index in [0.29, 0.717) is 18.3 Å². The Bertz CT molecular complexity index is 441. The van der Waals surface area contributed by atoms with Crippen LogP contribution in [-0.4, -0.2) is 42.2 Å². The number of carboxylic acid groups (broad SMARTS) is 1. The predicted octanol–water partition coefficient (Wildman–Crippen LogP) is 2.78. The highest BCUT2D eigenvalue weighted by atomic mass is 19.1. The third-order valence-electron chi connectivity index (χ3n) is 3.96. The number of hydrogen-bond acceptors (Lipinski definition) is 3.